The van der Waals surface area contributed by atoms with Crippen molar-refractivity contribution in [1.82, 2.24) is 0 Å². The van der Waals surface area contributed by atoms with Gasteiger partial charge in [0, 0.05) is 11.1 Å². The minimum atomic E-state index is -0.0562. The highest BCUT2D eigenvalue weighted by molar-refractivity contribution is 7.81. The van der Waals surface area contributed by atoms with Crippen LogP contribution in [0.1, 0.15) is 29.8 Å². The topological polar surface area (TPSA) is 34.1 Å². The van der Waals surface area contributed by atoms with Gasteiger partial charge in [0.15, 0.2) is 11.6 Å². The lowest BCUT2D eigenvalue weighted by Crippen LogP contribution is -2.00. The van der Waals surface area contributed by atoms with Crippen molar-refractivity contribution in [3.8, 4) is 0 Å². The summed E-state index contributed by atoms with van der Waals surface area (Å²) in [6, 6.07) is 7.38. The first-order valence-corrected chi connectivity index (χ1v) is 6.89. The number of rotatable bonds is 6. The molecule has 104 valence electrons. The highest BCUT2D eigenvalue weighted by Crippen LogP contribution is 2.16. The lowest BCUT2D eigenvalue weighted by molar-refractivity contribution is -0.112. The fraction of sp³-hybridized carbons (Fsp3) is 0.176. The summed E-state index contributed by atoms with van der Waals surface area (Å²) in [5, 5.41) is 0. The fourth-order valence-electron chi connectivity index (χ4n) is 1.64. The van der Waals surface area contributed by atoms with E-state index in [1.54, 1.807) is 25.1 Å². The van der Waals surface area contributed by atoms with Crippen LogP contribution in [0.5, 0.6) is 0 Å². The smallest absolute Gasteiger partial charge is 0.172 e. The van der Waals surface area contributed by atoms with Crippen LogP contribution in [0.4, 0.5) is 0 Å². The second kappa shape index (κ2) is 7.65. The van der Waals surface area contributed by atoms with E-state index in [0.29, 0.717) is 11.1 Å². The van der Waals surface area contributed by atoms with Crippen molar-refractivity contribution < 1.29 is 9.59 Å². The first-order chi connectivity index (χ1) is 9.49. The van der Waals surface area contributed by atoms with E-state index in [9.17, 15) is 9.59 Å². The molecular formula is C17H18O2S. The maximum absolute atomic E-state index is 11.5. The van der Waals surface area contributed by atoms with Crippen LogP contribution in [-0.2, 0) is 4.79 Å². The van der Waals surface area contributed by atoms with Gasteiger partial charge in [-0.2, -0.15) is 12.6 Å². The predicted molar refractivity (Wildman–Crippen MR) is 87.2 cm³/mol. The number of thiol groups is 1. The number of hydrogen-bond donors (Lipinski definition) is 1. The second-order valence-corrected chi connectivity index (χ2v) is 4.71. The van der Waals surface area contributed by atoms with Gasteiger partial charge >= 0.3 is 0 Å². The number of ketones is 2. The molecule has 0 aliphatic heterocycles. The Morgan fingerprint density at radius 3 is 2.10 bits per heavy atom. The van der Waals surface area contributed by atoms with E-state index in [-0.39, 0.29) is 17.3 Å². The summed E-state index contributed by atoms with van der Waals surface area (Å²) >= 11 is 3.96. The summed E-state index contributed by atoms with van der Waals surface area (Å²) in [5.41, 5.74) is 3.24. The quantitative estimate of drug-likeness (QED) is 0.372. The molecule has 0 heterocycles. The molecule has 0 atom stereocenters. The van der Waals surface area contributed by atoms with Crippen LogP contribution < -0.4 is 0 Å². The lowest BCUT2D eigenvalue weighted by Gasteiger charge is -2.02. The third-order valence-electron chi connectivity index (χ3n) is 2.95. The zero-order valence-corrected chi connectivity index (χ0v) is 12.6. The highest BCUT2D eigenvalue weighted by atomic mass is 32.1. The van der Waals surface area contributed by atoms with Crippen LogP contribution in [0, 0.1) is 0 Å². The molecule has 0 radical (unpaired) electrons. The molecule has 1 aromatic carbocycles. The Morgan fingerprint density at radius 2 is 1.65 bits per heavy atom. The van der Waals surface area contributed by atoms with Crippen molar-refractivity contribution in [3.63, 3.8) is 0 Å². The Morgan fingerprint density at radius 1 is 1.10 bits per heavy atom. The van der Waals surface area contributed by atoms with Crippen molar-refractivity contribution >= 4 is 29.8 Å². The SMILES string of the molecule is C=C/C(=C\C=C(/C)c1ccc(C(C)=O)cc1)C(=O)CS. The standard InChI is InChI=1S/C17H18O2S/c1-4-14(17(19)11-20)6-5-12(2)15-7-9-16(10-8-15)13(3)18/h4-10,20H,1,11H2,2-3H3/b12-5+,14-6+. The molecule has 2 nitrogen and oxygen atoms in total. The Balaban J connectivity index is 2.98. The molecule has 0 aliphatic rings. The largest absolute Gasteiger partial charge is 0.295 e. The van der Waals surface area contributed by atoms with E-state index in [0.717, 1.165) is 11.1 Å². The Kier molecular flexibility index (Phi) is 6.19. The minimum Gasteiger partial charge on any atom is -0.295 e. The summed E-state index contributed by atoms with van der Waals surface area (Å²) < 4.78 is 0. The normalized spacial score (nSPS) is 12.2. The van der Waals surface area contributed by atoms with Gasteiger partial charge in [0.2, 0.25) is 0 Å². The van der Waals surface area contributed by atoms with Gasteiger partial charge in [-0.25, -0.2) is 0 Å². The molecule has 0 N–H and O–H groups in total. The first-order valence-electron chi connectivity index (χ1n) is 6.26. The Bertz CT molecular complexity index is 578. The van der Waals surface area contributed by atoms with Gasteiger partial charge in [0.05, 0.1) is 5.75 Å². The molecule has 1 rings (SSSR count). The average molecular weight is 286 g/mol. The van der Waals surface area contributed by atoms with Gasteiger partial charge in [0.1, 0.15) is 0 Å². The molecule has 0 saturated carbocycles. The molecular weight excluding hydrogens is 268 g/mol. The Labute approximate surface area is 125 Å². The van der Waals surface area contributed by atoms with Crippen LogP contribution in [-0.4, -0.2) is 17.3 Å². The molecule has 0 saturated heterocycles. The molecule has 0 unspecified atom stereocenters. The van der Waals surface area contributed by atoms with Crippen molar-refractivity contribution in [1.29, 1.82) is 0 Å². The van der Waals surface area contributed by atoms with E-state index >= 15 is 0 Å². The minimum absolute atomic E-state index is 0.0476. The predicted octanol–water partition coefficient (Wildman–Crippen LogP) is 3.90. The number of benzene rings is 1. The average Bonchev–Trinajstić information content (AvgIpc) is 2.47. The third-order valence-corrected chi connectivity index (χ3v) is 3.23. The molecule has 0 spiro atoms. The number of allylic oxidation sites excluding steroid dienone is 5. The van der Waals surface area contributed by atoms with E-state index in [4.69, 9.17) is 0 Å². The van der Waals surface area contributed by atoms with Crippen LogP contribution in [0.3, 0.4) is 0 Å². The van der Waals surface area contributed by atoms with E-state index in [2.05, 4.69) is 19.2 Å². The van der Waals surface area contributed by atoms with E-state index in [1.807, 2.05) is 25.1 Å². The lowest BCUT2D eigenvalue weighted by atomic mass is 10.0. The van der Waals surface area contributed by atoms with Gasteiger partial charge in [-0.15, -0.1) is 0 Å². The van der Waals surface area contributed by atoms with Crippen LogP contribution in [0.2, 0.25) is 0 Å². The van der Waals surface area contributed by atoms with Gasteiger partial charge in [-0.3, -0.25) is 9.59 Å². The molecule has 0 amide bonds. The molecule has 0 aromatic heterocycles. The van der Waals surface area contributed by atoms with Gasteiger partial charge in [-0.05, 0) is 25.0 Å². The highest BCUT2D eigenvalue weighted by Gasteiger charge is 2.03. The first kappa shape index (κ1) is 16.2. The van der Waals surface area contributed by atoms with Crippen molar-refractivity contribution in [3.05, 3.63) is 65.8 Å². The molecule has 20 heavy (non-hydrogen) atoms. The summed E-state index contributed by atoms with van der Waals surface area (Å²) in [7, 11) is 0. The monoisotopic (exact) mass is 286 g/mol. The molecule has 0 bridgehead atoms. The van der Waals surface area contributed by atoms with E-state index in [1.165, 1.54) is 6.08 Å². The number of hydrogen-bond acceptors (Lipinski definition) is 3. The summed E-state index contributed by atoms with van der Waals surface area (Å²) in [6.45, 7) is 7.11. The molecule has 1 aromatic rings. The summed E-state index contributed by atoms with van der Waals surface area (Å²) in [5.74, 6) is 0.156. The van der Waals surface area contributed by atoms with Crippen molar-refractivity contribution in [2.45, 2.75) is 13.8 Å². The maximum atomic E-state index is 11.5. The zero-order valence-electron chi connectivity index (χ0n) is 11.7. The van der Waals surface area contributed by atoms with Gasteiger partial charge in [-0.1, -0.05) is 49.1 Å². The number of Topliss-reactive ketones (excluding diaryl/α,β-unsaturated/α-hetero) is 2. The summed E-state index contributed by atoms with van der Waals surface area (Å²) in [4.78, 5) is 22.7. The fourth-order valence-corrected chi connectivity index (χ4v) is 1.83. The Hall–Kier alpha value is -1.87. The number of carbonyl (C=O) groups excluding carboxylic acids is 2. The van der Waals surface area contributed by atoms with Crippen LogP contribution in [0.25, 0.3) is 5.57 Å². The maximum Gasteiger partial charge on any atom is 0.172 e. The number of carbonyl (C=O) groups is 2. The van der Waals surface area contributed by atoms with E-state index < -0.39 is 0 Å². The van der Waals surface area contributed by atoms with Crippen molar-refractivity contribution in [2.24, 2.45) is 0 Å². The second-order valence-electron chi connectivity index (χ2n) is 4.39. The van der Waals surface area contributed by atoms with Gasteiger partial charge in [0.25, 0.3) is 0 Å². The van der Waals surface area contributed by atoms with Crippen molar-refractivity contribution in [2.75, 3.05) is 5.75 Å². The molecule has 0 fully saturated rings. The zero-order chi connectivity index (χ0) is 15.1. The molecule has 0 aliphatic carbocycles. The summed E-state index contributed by atoms with van der Waals surface area (Å²) in [6.07, 6.45) is 5.13. The van der Waals surface area contributed by atoms with Gasteiger partial charge < -0.3 is 0 Å². The van der Waals surface area contributed by atoms with Crippen LogP contribution in [0.15, 0.2) is 54.6 Å². The van der Waals surface area contributed by atoms with Crippen LogP contribution >= 0.6 is 12.6 Å². The molecule has 3 heteroatoms. The third kappa shape index (κ3) is 4.35.